The van der Waals surface area contributed by atoms with Crippen LogP contribution in [-0.2, 0) is 20.4 Å². The van der Waals surface area contributed by atoms with E-state index in [-0.39, 0.29) is 23.7 Å². The molecule has 121 valence electrons. The summed E-state index contributed by atoms with van der Waals surface area (Å²) in [7, 11) is 0. The van der Waals surface area contributed by atoms with Gasteiger partial charge in [0, 0.05) is 11.1 Å². The molecule has 0 aliphatic rings. The molecule has 0 aromatic heterocycles. The van der Waals surface area contributed by atoms with Crippen molar-refractivity contribution in [1.29, 1.82) is 0 Å². The molecular weight excluding hydrogens is 280 g/mol. The fourth-order valence-corrected chi connectivity index (χ4v) is 2.08. The van der Waals surface area contributed by atoms with E-state index in [1.54, 1.807) is 0 Å². The average Bonchev–Trinajstić information content (AvgIpc) is 2.34. The highest BCUT2D eigenvalue weighted by molar-refractivity contribution is 5.78. The lowest BCUT2D eigenvalue weighted by molar-refractivity contribution is -0.142. The number of rotatable bonds is 4. The first kappa shape index (κ1) is 18.2. The van der Waals surface area contributed by atoms with Gasteiger partial charge in [-0.25, -0.2) is 0 Å². The van der Waals surface area contributed by atoms with E-state index >= 15 is 0 Å². The Bertz CT molecular complexity index is 527. The number of benzene rings is 1. The van der Waals surface area contributed by atoms with Crippen LogP contribution in [0.4, 0.5) is 0 Å². The molecule has 0 amide bonds. The predicted molar refractivity (Wildman–Crippen MR) is 85.2 cm³/mol. The number of aliphatic carboxylic acids is 1. The molecule has 4 heteroatoms. The highest BCUT2D eigenvalue weighted by Crippen LogP contribution is 2.39. The van der Waals surface area contributed by atoms with Crippen molar-refractivity contribution in [2.24, 2.45) is 0 Å². The zero-order valence-electron chi connectivity index (χ0n) is 14.2. The molecule has 0 heterocycles. The highest BCUT2D eigenvalue weighted by Gasteiger charge is 2.28. The summed E-state index contributed by atoms with van der Waals surface area (Å²) in [5, 5.41) is 8.68. The van der Waals surface area contributed by atoms with E-state index in [4.69, 9.17) is 9.84 Å². The number of esters is 1. The normalized spacial score (nSPS) is 12.1. The van der Waals surface area contributed by atoms with Gasteiger partial charge in [0.1, 0.15) is 5.75 Å². The number of hydrogen-bond acceptors (Lipinski definition) is 3. The van der Waals surface area contributed by atoms with Gasteiger partial charge in [0.15, 0.2) is 0 Å². The van der Waals surface area contributed by atoms with Crippen LogP contribution >= 0.6 is 0 Å². The molecule has 1 aromatic carbocycles. The minimum Gasteiger partial charge on any atom is -0.481 e. The lowest BCUT2D eigenvalue weighted by atomic mass is 9.79. The van der Waals surface area contributed by atoms with Crippen LogP contribution in [-0.4, -0.2) is 17.0 Å². The number of carbonyl (C=O) groups is 2. The van der Waals surface area contributed by atoms with Gasteiger partial charge in [-0.2, -0.15) is 0 Å². The monoisotopic (exact) mass is 305 g/mol. The molecule has 0 aliphatic carbocycles. The van der Waals surface area contributed by atoms with Crippen LogP contribution in [0.1, 0.15) is 65.5 Å². The number of hydrogen-bond donors (Lipinski definition) is 1. The Labute approximate surface area is 132 Å². The van der Waals surface area contributed by atoms with Crippen molar-refractivity contribution in [3.05, 3.63) is 29.3 Å². The fourth-order valence-electron chi connectivity index (χ4n) is 2.08. The summed E-state index contributed by atoms with van der Waals surface area (Å²) in [6.45, 7) is 12.2. The first-order chi connectivity index (χ1) is 9.93. The summed E-state index contributed by atoms with van der Waals surface area (Å²) in [5.41, 5.74) is 1.37. The van der Waals surface area contributed by atoms with Gasteiger partial charge in [-0.05, 0) is 29.0 Å². The Balaban J connectivity index is 3.24. The minimum absolute atomic E-state index is 0.138. The van der Waals surface area contributed by atoms with Crippen LogP contribution in [0.15, 0.2) is 12.1 Å². The molecule has 0 saturated carbocycles. The molecule has 1 radical (unpaired) electrons. The van der Waals surface area contributed by atoms with Crippen LogP contribution in [0, 0.1) is 6.07 Å². The number of carboxylic acid groups (broad SMARTS) is 1. The Morgan fingerprint density at radius 1 is 1.00 bits per heavy atom. The molecule has 0 fully saturated rings. The molecule has 1 N–H and O–H groups in total. The van der Waals surface area contributed by atoms with Crippen LogP contribution in [0.25, 0.3) is 0 Å². The van der Waals surface area contributed by atoms with Crippen LogP contribution in [0.3, 0.4) is 0 Å². The zero-order chi connectivity index (χ0) is 17.1. The average molecular weight is 305 g/mol. The summed E-state index contributed by atoms with van der Waals surface area (Å²) in [6, 6.07) is 6.78. The van der Waals surface area contributed by atoms with Crippen molar-refractivity contribution in [2.45, 2.75) is 65.2 Å². The van der Waals surface area contributed by atoms with Gasteiger partial charge in [0.05, 0.1) is 12.8 Å². The third kappa shape index (κ3) is 4.86. The second-order valence-corrected chi connectivity index (χ2v) is 7.48. The van der Waals surface area contributed by atoms with Gasteiger partial charge in [-0.3, -0.25) is 9.59 Å². The zero-order valence-corrected chi connectivity index (χ0v) is 14.2. The summed E-state index contributed by atoms with van der Waals surface area (Å²) < 4.78 is 5.56. The van der Waals surface area contributed by atoms with E-state index in [0.29, 0.717) is 5.75 Å². The van der Waals surface area contributed by atoms with Crippen LogP contribution in [0.5, 0.6) is 5.75 Å². The molecular formula is C18H25O4. The molecule has 1 rings (SSSR count). The molecule has 0 unspecified atom stereocenters. The number of carbonyl (C=O) groups excluding carboxylic acids is 1. The first-order valence-corrected chi connectivity index (χ1v) is 7.40. The minimum atomic E-state index is -1.01. The van der Waals surface area contributed by atoms with E-state index < -0.39 is 11.9 Å². The Kier molecular flexibility index (Phi) is 5.39. The summed E-state index contributed by atoms with van der Waals surface area (Å²) in [5.74, 6) is -0.996. The lowest BCUT2D eigenvalue weighted by Crippen LogP contribution is -2.22. The molecule has 0 saturated heterocycles. The van der Waals surface area contributed by atoms with E-state index in [1.165, 1.54) is 0 Å². The second-order valence-electron chi connectivity index (χ2n) is 7.48. The molecule has 0 bridgehead atoms. The quantitative estimate of drug-likeness (QED) is 0.678. The van der Waals surface area contributed by atoms with Gasteiger partial charge in [-0.1, -0.05) is 41.5 Å². The first-order valence-electron chi connectivity index (χ1n) is 7.40. The van der Waals surface area contributed by atoms with E-state index in [9.17, 15) is 9.59 Å². The Morgan fingerprint density at radius 3 is 1.82 bits per heavy atom. The lowest BCUT2D eigenvalue weighted by Gasteiger charge is -2.28. The van der Waals surface area contributed by atoms with E-state index in [1.807, 2.05) is 53.7 Å². The smallest absolute Gasteiger partial charge is 0.311 e. The van der Waals surface area contributed by atoms with Crippen molar-refractivity contribution in [3.63, 3.8) is 0 Å². The number of ether oxygens (including phenoxy) is 1. The van der Waals surface area contributed by atoms with Crippen molar-refractivity contribution in [2.75, 3.05) is 0 Å². The maximum atomic E-state index is 12.0. The molecule has 22 heavy (non-hydrogen) atoms. The standard InChI is InChI=1S/C18H25O4/c1-17(2,3)12-8-7-9-13(18(4,5)6)16(12)22-15(21)11-10-14(19)20/h8-9H,10-11H2,1-6H3,(H,19,20). The van der Waals surface area contributed by atoms with Gasteiger partial charge in [0.2, 0.25) is 0 Å². The molecule has 0 spiro atoms. The van der Waals surface area contributed by atoms with Gasteiger partial charge < -0.3 is 9.84 Å². The fraction of sp³-hybridized carbons (Fsp3) is 0.556. The molecule has 1 aromatic rings. The molecule has 0 atom stereocenters. The predicted octanol–water partition coefficient (Wildman–Crippen LogP) is 3.85. The van der Waals surface area contributed by atoms with E-state index in [2.05, 4.69) is 6.07 Å². The third-order valence-corrected chi connectivity index (χ3v) is 3.32. The summed E-state index contributed by atoms with van der Waals surface area (Å²) >= 11 is 0. The van der Waals surface area contributed by atoms with Gasteiger partial charge in [-0.15, -0.1) is 0 Å². The van der Waals surface area contributed by atoms with Gasteiger partial charge in [0.25, 0.3) is 0 Å². The van der Waals surface area contributed by atoms with Crippen molar-refractivity contribution < 1.29 is 19.4 Å². The van der Waals surface area contributed by atoms with Crippen molar-refractivity contribution in [3.8, 4) is 5.75 Å². The van der Waals surface area contributed by atoms with Crippen molar-refractivity contribution in [1.82, 2.24) is 0 Å². The Hall–Kier alpha value is -1.84. The van der Waals surface area contributed by atoms with Gasteiger partial charge >= 0.3 is 11.9 Å². The maximum absolute atomic E-state index is 12.0. The summed E-state index contributed by atoms with van der Waals surface area (Å²) in [6.07, 6.45) is -0.366. The highest BCUT2D eigenvalue weighted by atomic mass is 16.5. The maximum Gasteiger partial charge on any atom is 0.311 e. The third-order valence-electron chi connectivity index (χ3n) is 3.32. The SMILES string of the molecule is CC(C)(C)c1c[c]cc(C(C)(C)C)c1OC(=O)CCC(=O)O. The molecule has 4 nitrogen and oxygen atoms in total. The van der Waals surface area contributed by atoms with E-state index in [0.717, 1.165) is 11.1 Å². The number of carboxylic acids is 1. The largest absolute Gasteiger partial charge is 0.481 e. The summed E-state index contributed by atoms with van der Waals surface area (Å²) in [4.78, 5) is 22.6. The topological polar surface area (TPSA) is 63.6 Å². The Morgan fingerprint density at radius 2 is 1.45 bits per heavy atom. The van der Waals surface area contributed by atoms with Crippen molar-refractivity contribution >= 4 is 11.9 Å². The second kappa shape index (κ2) is 6.51. The van der Waals surface area contributed by atoms with Crippen LogP contribution in [0.2, 0.25) is 0 Å². The van der Waals surface area contributed by atoms with Crippen LogP contribution < -0.4 is 4.74 Å². The molecule has 0 aliphatic heterocycles.